The van der Waals surface area contributed by atoms with Crippen LogP contribution in [-0.2, 0) is 0 Å². The molecule has 0 radical (unpaired) electrons. The number of amidine groups is 1. The van der Waals surface area contributed by atoms with E-state index in [1.807, 2.05) is 0 Å². The first-order chi connectivity index (χ1) is 6.18. The van der Waals surface area contributed by atoms with Crippen LogP contribution in [-0.4, -0.2) is 16.4 Å². The van der Waals surface area contributed by atoms with Crippen LogP contribution in [0.5, 0.6) is 0 Å². The Labute approximate surface area is 82.1 Å². The maximum atomic E-state index is 11.2. The second kappa shape index (κ2) is 5.11. The van der Waals surface area contributed by atoms with Gasteiger partial charge in [0.25, 0.3) is 5.24 Å². The van der Waals surface area contributed by atoms with Gasteiger partial charge in [-0.1, -0.05) is 19.3 Å². The molecule has 4 nitrogen and oxygen atoms in total. The molecular weight excluding hydrogens is 186 g/mol. The average Bonchev–Trinajstić information content (AvgIpc) is 2.04. The quantitative estimate of drug-likeness (QED) is 0.446. The van der Waals surface area contributed by atoms with Gasteiger partial charge in [0, 0.05) is 17.8 Å². The minimum Gasteiger partial charge on any atom is -0.378 e. The fourth-order valence-electron chi connectivity index (χ4n) is 1.54. The summed E-state index contributed by atoms with van der Waals surface area (Å²) in [5.41, 5.74) is 5.08. The third-order valence-corrected chi connectivity index (χ3v) is 2.65. The van der Waals surface area contributed by atoms with Crippen molar-refractivity contribution >= 4 is 22.2 Å². The maximum Gasteiger partial charge on any atom is 0.286 e. The summed E-state index contributed by atoms with van der Waals surface area (Å²) in [5.74, 6) is 0. The Morgan fingerprint density at radius 1 is 1.38 bits per heavy atom. The fraction of sp³-hybridized carbons (Fsp3) is 0.750. The minimum atomic E-state index is -0.195. The molecule has 13 heavy (non-hydrogen) atoms. The van der Waals surface area contributed by atoms with E-state index in [1.54, 1.807) is 0 Å². The lowest BCUT2D eigenvalue weighted by Gasteiger charge is -2.22. The highest BCUT2D eigenvalue weighted by Crippen LogP contribution is 2.18. The first-order valence-electron chi connectivity index (χ1n) is 4.51. The normalized spacial score (nSPS) is 18.2. The van der Waals surface area contributed by atoms with E-state index in [1.165, 1.54) is 19.3 Å². The van der Waals surface area contributed by atoms with Gasteiger partial charge in [-0.2, -0.15) is 0 Å². The minimum absolute atomic E-state index is 0.145. The molecule has 1 amide bonds. The van der Waals surface area contributed by atoms with Gasteiger partial charge < -0.3 is 11.1 Å². The first-order valence-corrected chi connectivity index (χ1v) is 5.32. The number of nitrogens with one attached hydrogen (secondary N) is 2. The summed E-state index contributed by atoms with van der Waals surface area (Å²) in [7, 11) is 0. The molecule has 1 aliphatic carbocycles. The van der Waals surface area contributed by atoms with E-state index in [4.69, 9.17) is 11.1 Å². The molecule has 1 aliphatic rings. The van der Waals surface area contributed by atoms with Crippen LogP contribution >= 0.6 is 11.8 Å². The molecule has 0 heterocycles. The molecule has 1 fully saturated rings. The Balaban J connectivity index is 2.22. The van der Waals surface area contributed by atoms with Gasteiger partial charge in [-0.15, -0.1) is 0 Å². The molecule has 0 aliphatic heterocycles. The van der Waals surface area contributed by atoms with Crippen molar-refractivity contribution in [2.45, 2.75) is 38.1 Å². The summed E-state index contributed by atoms with van der Waals surface area (Å²) in [5, 5.41) is 9.44. The Bertz CT molecular complexity index is 202. The van der Waals surface area contributed by atoms with Gasteiger partial charge in [-0.3, -0.25) is 10.2 Å². The van der Waals surface area contributed by atoms with E-state index >= 15 is 0 Å². The van der Waals surface area contributed by atoms with Crippen molar-refractivity contribution in [3.63, 3.8) is 0 Å². The average molecular weight is 201 g/mol. The monoisotopic (exact) mass is 201 g/mol. The van der Waals surface area contributed by atoms with Gasteiger partial charge in [0.2, 0.25) is 0 Å². The van der Waals surface area contributed by atoms with Crippen LogP contribution in [0.4, 0.5) is 4.79 Å². The van der Waals surface area contributed by atoms with Gasteiger partial charge >= 0.3 is 0 Å². The van der Waals surface area contributed by atoms with E-state index < -0.39 is 0 Å². The first kappa shape index (κ1) is 10.4. The zero-order chi connectivity index (χ0) is 9.68. The van der Waals surface area contributed by atoms with E-state index in [-0.39, 0.29) is 10.4 Å². The molecule has 0 bridgehead atoms. The van der Waals surface area contributed by atoms with Gasteiger partial charge in [-0.25, -0.2) is 0 Å². The second-order valence-corrected chi connectivity index (χ2v) is 4.25. The van der Waals surface area contributed by atoms with Crippen LogP contribution in [0.3, 0.4) is 0 Å². The number of nitrogens with two attached hydrogens (primary N) is 1. The highest BCUT2D eigenvalue weighted by Gasteiger charge is 2.16. The van der Waals surface area contributed by atoms with Gasteiger partial charge in [0.15, 0.2) is 5.17 Å². The van der Waals surface area contributed by atoms with E-state index in [2.05, 4.69) is 5.32 Å². The highest BCUT2D eigenvalue weighted by molar-refractivity contribution is 8.26. The molecular formula is C8H15N3OS. The molecule has 0 saturated heterocycles. The summed E-state index contributed by atoms with van der Waals surface area (Å²) in [6.45, 7) is 0. The molecule has 1 saturated carbocycles. The summed E-state index contributed by atoms with van der Waals surface area (Å²) in [6.07, 6.45) is 5.77. The summed E-state index contributed by atoms with van der Waals surface area (Å²) in [4.78, 5) is 11.2. The van der Waals surface area contributed by atoms with Crippen LogP contribution in [0.2, 0.25) is 0 Å². The largest absolute Gasteiger partial charge is 0.378 e. The fourth-order valence-corrected chi connectivity index (χ4v) is 1.97. The van der Waals surface area contributed by atoms with E-state index in [0.717, 1.165) is 24.6 Å². The molecule has 4 N–H and O–H groups in total. The second-order valence-electron chi connectivity index (χ2n) is 3.23. The smallest absolute Gasteiger partial charge is 0.286 e. The van der Waals surface area contributed by atoms with Crippen molar-refractivity contribution in [3.05, 3.63) is 0 Å². The van der Waals surface area contributed by atoms with Gasteiger partial charge in [0.05, 0.1) is 0 Å². The van der Waals surface area contributed by atoms with Crippen LogP contribution in [0.15, 0.2) is 0 Å². The van der Waals surface area contributed by atoms with Crippen molar-refractivity contribution in [2.75, 3.05) is 0 Å². The Kier molecular flexibility index (Phi) is 4.08. The maximum absolute atomic E-state index is 11.2. The van der Waals surface area contributed by atoms with Gasteiger partial charge in [-0.05, 0) is 12.8 Å². The van der Waals surface area contributed by atoms with Gasteiger partial charge in [0.1, 0.15) is 0 Å². The molecule has 5 heteroatoms. The number of amides is 1. The molecule has 1 rings (SSSR count). The van der Waals surface area contributed by atoms with Crippen LogP contribution in [0.1, 0.15) is 32.1 Å². The Morgan fingerprint density at radius 3 is 2.54 bits per heavy atom. The van der Waals surface area contributed by atoms with Crippen molar-refractivity contribution < 1.29 is 4.79 Å². The lowest BCUT2D eigenvalue weighted by atomic mass is 9.96. The predicted octanol–water partition coefficient (Wildman–Crippen LogP) is 1.66. The summed E-state index contributed by atoms with van der Waals surface area (Å²) < 4.78 is 0. The van der Waals surface area contributed by atoms with Crippen LogP contribution in [0, 0.1) is 5.41 Å². The molecule has 0 atom stereocenters. The third kappa shape index (κ3) is 4.17. The lowest BCUT2D eigenvalue weighted by molar-refractivity contribution is 0.253. The van der Waals surface area contributed by atoms with Crippen molar-refractivity contribution in [3.8, 4) is 0 Å². The number of thioether (sulfide) groups is 1. The van der Waals surface area contributed by atoms with E-state index in [9.17, 15) is 4.79 Å². The molecule has 74 valence electrons. The zero-order valence-corrected chi connectivity index (χ0v) is 8.32. The summed E-state index contributed by atoms with van der Waals surface area (Å²) in [6, 6.07) is 0.299. The number of hydrogen-bond acceptors (Lipinski definition) is 3. The lowest BCUT2D eigenvalue weighted by Crippen LogP contribution is -2.34. The number of carbonyl (C=O) groups is 1. The highest BCUT2D eigenvalue weighted by atomic mass is 32.2. The molecule has 0 unspecified atom stereocenters. The Morgan fingerprint density at radius 2 is 2.00 bits per heavy atom. The number of rotatable bonds is 1. The molecule has 0 aromatic carbocycles. The molecule has 0 aromatic heterocycles. The summed E-state index contributed by atoms with van der Waals surface area (Å²) >= 11 is 0.759. The van der Waals surface area contributed by atoms with Crippen LogP contribution < -0.4 is 11.1 Å². The van der Waals surface area contributed by atoms with Crippen molar-refractivity contribution in [1.29, 1.82) is 5.41 Å². The van der Waals surface area contributed by atoms with Crippen LogP contribution in [0.25, 0.3) is 0 Å². The predicted molar refractivity (Wildman–Crippen MR) is 54.9 cm³/mol. The number of hydrogen-bond donors (Lipinski definition) is 3. The van der Waals surface area contributed by atoms with Crippen molar-refractivity contribution in [1.82, 2.24) is 5.32 Å². The number of carbonyl (C=O) groups excluding carboxylic acids is 1. The topological polar surface area (TPSA) is 79.0 Å². The van der Waals surface area contributed by atoms with Crippen molar-refractivity contribution in [2.24, 2.45) is 5.73 Å². The standard InChI is InChI=1S/C8H15N3OS/c9-7(10)13-8(12)11-6-4-2-1-3-5-6/h6H,1-5H2,(H3,9,10)(H,11,12). The third-order valence-electron chi connectivity index (χ3n) is 2.13. The zero-order valence-electron chi connectivity index (χ0n) is 7.51. The molecule has 0 spiro atoms. The molecule has 0 aromatic rings. The SMILES string of the molecule is N=C(N)SC(=O)NC1CCCCC1. The Hall–Kier alpha value is -0.710. The van der Waals surface area contributed by atoms with E-state index in [0.29, 0.717) is 6.04 Å².